The largest absolute Gasteiger partial charge is 0.472 e. The van der Waals surface area contributed by atoms with Gasteiger partial charge in [0.2, 0.25) is 0 Å². The first-order valence-electron chi connectivity index (χ1n) is 44.1. The number of carbonyl (C=O) groups excluding carboxylic acids is 4. The Morgan fingerprint density at radius 1 is 0.260 bits per heavy atom. The van der Waals surface area contributed by atoms with Crippen molar-refractivity contribution in [2.45, 2.75) is 477 Å². The average Bonchev–Trinajstić information content (AvgIpc) is 0.914. The molecule has 2 unspecified atom stereocenters. The molecule has 0 radical (unpaired) electrons. The summed E-state index contributed by atoms with van der Waals surface area (Å²) in [4.78, 5) is 73.2. The van der Waals surface area contributed by atoms with E-state index >= 15 is 0 Å². The monoisotopic (exact) mass is 1520 g/mol. The summed E-state index contributed by atoms with van der Waals surface area (Å²) in [7, 11) is -9.93. The van der Waals surface area contributed by atoms with Crippen LogP contribution in [0.3, 0.4) is 0 Å². The zero-order valence-corrected chi connectivity index (χ0v) is 70.0. The molecular formula is C85H166O17P2. The van der Waals surface area contributed by atoms with Crippen molar-refractivity contribution < 1.29 is 80.2 Å². The molecule has 19 heteroatoms. The minimum atomic E-state index is -4.96. The van der Waals surface area contributed by atoms with Crippen LogP contribution in [-0.2, 0) is 65.4 Å². The molecule has 0 aromatic rings. The molecule has 0 aliphatic rings. The Morgan fingerprint density at radius 3 is 0.654 bits per heavy atom. The van der Waals surface area contributed by atoms with Crippen molar-refractivity contribution in [1.82, 2.24) is 0 Å². The Balaban J connectivity index is 5.24. The highest BCUT2D eigenvalue weighted by atomic mass is 31.2. The predicted octanol–water partition coefficient (Wildman–Crippen LogP) is 26.0. The fourth-order valence-corrected chi connectivity index (χ4v) is 14.9. The SMILES string of the molecule is CCCCCCCCCCCCCCCCCCCCCCCC(=O)O[C@H](COC(=O)CCCCCCCCCCCCCCCCCC)COP(=O)(O)OC[C@@H](O)COP(=O)(O)OC[C@@H](COC(=O)CCCCCCCCCCCCC(C)C)OC(=O)CCCCCCCCCCCCCCCC. The van der Waals surface area contributed by atoms with Gasteiger partial charge in [0, 0.05) is 25.7 Å². The molecular weight excluding hydrogens is 1350 g/mol. The van der Waals surface area contributed by atoms with E-state index in [0.717, 1.165) is 95.8 Å². The highest BCUT2D eigenvalue weighted by molar-refractivity contribution is 7.47. The summed E-state index contributed by atoms with van der Waals surface area (Å²) in [5.41, 5.74) is 0. The molecule has 0 heterocycles. The molecule has 5 atom stereocenters. The summed E-state index contributed by atoms with van der Waals surface area (Å²) in [6.45, 7) is 7.36. The molecule has 3 N–H and O–H groups in total. The zero-order valence-electron chi connectivity index (χ0n) is 68.2. The second-order valence-electron chi connectivity index (χ2n) is 31.1. The molecule has 104 heavy (non-hydrogen) atoms. The third-order valence-electron chi connectivity index (χ3n) is 20.0. The molecule has 0 spiro atoms. The lowest BCUT2D eigenvalue weighted by atomic mass is 10.0. The van der Waals surface area contributed by atoms with Crippen molar-refractivity contribution in [1.29, 1.82) is 0 Å². The topological polar surface area (TPSA) is 237 Å². The van der Waals surface area contributed by atoms with Crippen LogP contribution in [0.5, 0.6) is 0 Å². The quantitative estimate of drug-likeness (QED) is 0.0222. The van der Waals surface area contributed by atoms with Gasteiger partial charge in [-0.25, -0.2) is 9.13 Å². The van der Waals surface area contributed by atoms with Crippen LogP contribution in [0.15, 0.2) is 0 Å². The fourth-order valence-electron chi connectivity index (χ4n) is 13.3. The number of ether oxygens (including phenoxy) is 4. The lowest BCUT2D eigenvalue weighted by molar-refractivity contribution is -0.161. The Morgan fingerprint density at radius 2 is 0.442 bits per heavy atom. The smallest absolute Gasteiger partial charge is 0.462 e. The molecule has 0 saturated carbocycles. The fraction of sp³-hybridized carbons (Fsp3) is 0.953. The predicted molar refractivity (Wildman–Crippen MR) is 428 cm³/mol. The van der Waals surface area contributed by atoms with Crippen molar-refractivity contribution in [2.24, 2.45) is 5.92 Å². The number of hydrogen-bond acceptors (Lipinski definition) is 15. The first kappa shape index (κ1) is 102. The van der Waals surface area contributed by atoms with Gasteiger partial charge in [-0.3, -0.25) is 37.3 Å². The van der Waals surface area contributed by atoms with Gasteiger partial charge in [-0.2, -0.15) is 0 Å². The van der Waals surface area contributed by atoms with Crippen molar-refractivity contribution in [3.8, 4) is 0 Å². The van der Waals surface area contributed by atoms with Crippen LogP contribution in [0, 0.1) is 5.92 Å². The molecule has 0 aliphatic carbocycles. The van der Waals surface area contributed by atoms with Gasteiger partial charge in [-0.05, 0) is 31.6 Å². The number of unbranched alkanes of at least 4 members (excludes halogenated alkanes) is 57. The number of carbonyl (C=O) groups is 4. The minimum absolute atomic E-state index is 0.108. The van der Waals surface area contributed by atoms with Gasteiger partial charge in [-0.15, -0.1) is 0 Å². The summed E-state index contributed by atoms with van der Waals surface area (Å²) in [5, 5.41) is 10.7. The summed E-state index contributed by atoms with van der Waals surface area (Å²) < 4.78 is 68.9. The standard InChI is InChI=1S/C85H166O17P2/c1-6-9-12-15-18-21-24-27-30-32-33-34-35-36-38-41-44-51-56-61-66-71-85(90)101-80(74-95-82(87)68-63-58-53-48-42-40-37-31-28-25-22-19-16-13-10-7-2)76-99-103(91,92)97-72-79(86)73-98-104(93,94)100-77-81(75-96-83(88)69-64-59-54-49-46-45-47-52-57-62-67-78(4)5)102-84(89)70-65-60-55-50-43-39-29-26-23-20-17-14-11-8-3/h78-81,86H,6-77H2,1-5H3,(H,91,92)(H,93,94)/t79-,80-,81-/m1/s1. The maximum absolute atomic E-state index is 13.1. The summed E-state index contributed by atoms with van der Waals surface area (Å²) in [6, 6.07) is 0. The first-order chi connectivity index (χ1) is 50.5. The van der Waals surface area contributed by atoms with Crippen LogP contribution in [0.1, 0.15) is 458 Å². The molecule has 0 rings (SSSR count). The summed E-state index contributed by atoms with van der Waals surface area (Å²) in [5.74, 6) is -1.34. The molecule has 618 valence electrons. The lowest BCUT2D eigenvalue weighted by Crippen LogP contribution is -2.30. The number of esters is 4. The van der Waals surface area contributed by atoms with Gasteiger partial charge >= 0.3 is 39.5 Å². The summed E-state index contributed by atoms with van der Waals surface area (Å²) >= 11 is 0. The van der Waals surface area contributed by atoms with Crippen LogP contribution in [0.2, 0.25) is 0 Å². The summed E-state index contributed by atoms with van der Waals surface area (Å²) in [6.07, 6.45) is 70.7. The third kappa shape index (κ3) is 78.2. The molecule has 0 bridgehead atoms. The highest BCUT2D eigenvalue weighted by Crippen LogP contribution is 2.45. The van der Waals surface area contributed by atoms with Crippen LogP contribution in [0.25, 0.3) is 0 Å². The van der Waals surface area contributed by atoms with E-state index in [9.17, 15) is 43.2 Å². The van der Waals surface area contributed by atoms with Gasteiger partial charge in [0.1, 0.15) is 19.3 Å². The Bertz CT molecular complexity index is 1980. The normalized spacial score (nSPS) is 13.8. The second kappa shape index (κ2) is 77.8. The Kier molecular flexibility index (Phi) is 76.3. The van der Waals surface area contributed by atoms with Crippen LogP contribution >= 0.6 is 15.6 Å². The van der Waals surface area contributed by atoms with E-state index in [1.54, 1.807) is 0 Å². The minimum Gasteiger partial charge on any atom is -0.462 e. The number of aliphatic hydroxyl groups is 1. The van der Waals surface area contributed by atoms with Gasteiger partial charge in [0.15, 0.2) is 12.2 Å². The first-order valence-corrected chi connectivity index (χ1v) is 47.1. The average molecular weight is 1520 g/mol. The van der Waals surface area contributed by atoms with E-state index in [4.69, 9.17) is 37.0 Å². The Labute approximate surface area is 638 Å². The van der Waals surface area contributed by atoms with Gasteiger partial charge < -0.3 is 33.8 Å². The van der Waals surface area contributed by atoms with E-state index in [0.29, 0.717) is 25.7 Å². The highest BCUT2D eigenvalue weighted by Gasteiger charge is 2.30. The number of rotatable bonds is 85. The van der Waals surface area contributed by atoms with E-state index in [-0.39, 0.29) is 25.7 Å². The van der Waals surface area contributed by atoms with Crippen LogP contribution < -0.4 is 0 Å². The molecule has 0 aliphatic heterocycles. The molecule has 0 fully saturated rings. The zero-order chi connectivity index (χ0) is 76.2. The van der Waals surface area contributed by atoms with Gasteiger partial charge in [-0.1, -0.05) is 407 Å². The van der Waals surface area contributed by atoms with Gasteiger partial charge in [0.05, 0.1) is 26.4 Å². The van der Waals surface area contributed by atoms with Crippen molar-refractivity contribution in [3.63, 3.8) is 0 Å². The van der Waals surface area contributed by atoms with E-state index in [1.807, 2.05) is 0 Å². The van der Waals surface area contributed by atoms with E-state index in [2.05, 4.69) is 34.6 Å². The maximum Gasteiger partial charge on any atom is 0.472 e. The number of aliphatic hydroxyl groups excluding tert-OH is 1. The molecule has 0 amide bonds. The number of hydrogen-bond donors (Lipinski definition) is 3. The Hall–Kier alpha value is -1.94. The number of phosphoric ester groups is 2. The third-order valence-corrected chi connectivity index (χ3v) is 21.9. The van der Waals surface area contributed by atoms with Crippen molar-refractivity contribution in [2.75, 3.05) is 39.6 Å². The van der Waals surface area contributed by atoms with Crippen molar-refractivity contribution in [3.05, 3.63) is 0 Å². The molecule has 0 aromatic carbocycles. The van der Waals surface area contributed by atoms with Crippen LogP contribution in [-0.4, -0.2) is 96.7 Å². The van der Waals surface area contributed by atoms with E-state index < -0.39 is 97.5 Å². The number of phosphoric acid groups is 2. The lowest BCUT2D eigenvalue weighted by Gasteiger charge is -2.21. The maximum atomic E-state index is 13.1. The van der Waals surface area contributed by atoms with Crippen molar-refractivity contribution >= 4 is 39.5 Å². The van der Waals surface area contributed by atoms with Crippen LogP contribution in [0.4, 0.5) is 0 Å². The second-order valence-corrected chi connectivity index (χ2v) is 34.0. The molecule has 0 aromatic heterocycles. The molecule has 17 nitrogen and oxygen atoms in total. The molecule has 0 saturated heterocycles. The van der Waals surface area contributed by atoms with Gasteiger partial charge in [0.25, 0.3) is 0 Å². The van der Waals surface area contributed by atoms with E-state index in [1.165, 1.54) is 283 Å².